The molecule has 1 aliphatic rings. The van der Waals surface area contributed by atoms with Crippen molar-refractivity contribution < 1.29 is 22.8 Å². The number of benzene rings is 1. The number of alkyl halides is 3. The molecule has 1 aromatic rings. The number of hydrogen-bond donors (Lipinski definition) is 1. The summed E-state index contributed by atoms with van der Waals surface area (Å²) in [5, 5.41) is 2.52. The predicted molar refractivity (Wildman–Crippen MR) is 81.8 cm³/mol. The van der Waals surface area contributed by atoms with Crippen LogP contribution in [0.15, 0.2) is 30.3 Å². The smallest absolute Gasteiger partial charge is 0.326 e. The average Bonchev–Trinajstić information content (AvgIpc) is 2.75. The zero-order chi connectivity index (χ0) is 17.7. The van der Waals surface area contributed by atoms with Crippen molar-refractivity contribution in [3.8, 4) is 0 Å². The van der Waals surface area contributed by atoms with Crippen LogP contribution in [0, 0.1) is 0 Å². The molecule has 1 N–H and O–H groups in total. The fourth-order valence-corrected chi connectivity index (χ4v) is 2.65. The molecular formula is C16H20F3N3O2. The highest BCUT2D eigenvalue weighted by Crippen LogP contribution is 2.20. The zero-order valence-electron chi connectivity index (χ0n) is 13.3. The zero-order valence-corrected chi connectivity index (χ0v) is 13.3. The first-order valence-corrected chi connectivity index (χ1v) is 7.75. The quantitative estimate of drug-likeness (QED) is 0.775. The van der Waals surface area contributed by atoms with Gasteiger partial charge in [0.15, 0.2) is 0 Å². The molecule has 1 heterocycles. The molecule has 1 saturated heterocycles. The number of nitrogens with zero attached hydrogens (tertiary/aromatic N) is 2. The Morgan fingerprint density at radius 3 is 2.46 bits per heavy atom. The first kappa shape index (κ1) is 18.3. The van der Waals surface area contributed by atoms with Crippen LogP contribution < -0.4 is 5.32 Å². The van der Waals surface area contributed by atoms with Crippen LogP contribution >= 0.6 is 0 Å². The van der Waals surface area contributed by atoms with Crippen LogP contribution in [0.2, 0.25) is 0 Å². The molecular weight excluding hydrogens is 323 g/mol. The number of halogens is 3. The van der Waals surface area contributed by atoms with Crippen LogP contribution in [-0.4, -0.2) is 47.2 Å². The van der Waals surface area contributed by atoms with Crippen LogP contribution in [0.3, 0.4) is 0 Å². The van der Waals surface area contributed by atoms with E-state index in [0.717, 1.165) is 9.80 Å². The van der Waals surface area contributed by atoms with Crippen molar-refractivity contribution in [3.05, 3.63) is 35.9 Å². The second-order valence-corrected chi connectivity index (χ2v) is 5.79. The van der Waals surface area contributed by atoms with Gasteiger partial charge in [0.25, 0.3) is 5.91 Å². The van der Waals surface area contributed by atoms with Gasteiger partial charge in [-0.05, 0) is 12.0 Å². The maximum atomic E-state index is 12.8. The summed E-state index contributed by atoms with van der Waals surface area (Å²) in [7, 11) is 0. The summed E-state index contributed by atoms with van der Waals surface area (Å²) in [6.07, 6.45) is -3.25. The van der Waals surface area contributed by atoms with Crippen molar-refractivity contribution in [2.45, 2.75) is 38.5 Å². The summed E-state index contributed by atoms with van der Waals surface area (Å²) in [6, 6.07) is 7.35. The van der Waals surface area contributed by atoms with E-state index in [-0.39, 0.29) is 13.2 Å². The highest BCUT2D eigenvalue weighted by molar-refractivity contribution is 6.04. The molecule has 0 radical (unpaired) electrons. The van der Waals surface area contributed by atoms with Crippen LogP contribution in [0.1, 0.15) is 25.3 Å². The first-order valence-electron chi connectivity index (χ1n) is 7.75. The molecule has 3 amide bonds. The predicted octanol–water partition coefficient (Wildman–Crippen LogP) is 2.73. The van der Waals surface area contributed by atoms with Crippen molar-refractivity contribution in [3.63, 3.8) is 0 Å². The van der Waals surface area contributed by atoms with Gasteiger partial charge >= 0.3 is 12.2 Å². The van der Waals surface area contributed by atoms with Gasteiger partial charge < -0.3 is 5.32 Å². The summed E-state index contributed by atoms with van der Waals surface area (Å²) in [5.41, 5.74) is 0.680. The molecule has 0 aliphatic carbocycles. The Hall–Kier alpha value is -2.09. The molecule has 24 heavy (non-hydrogen) atoms. The lowest BCUT2D eigenvalue weighted by molar-refractivity contribution is -0.153. The van der Waals surface area contributed by atoms with Gasteiger partial charge in [0.05, 0.1) is 13.2 Å². The van der Waals surface area contributed by atoms with E-state index >= 15 is 0 Å². The molecule has 1 atom stereocenters. The van der Waals surface area contributed by atoms with Crippen molar-refractivity contribution >= 4 is 11.9 Å². The highest BCUT2D eigenvalue weighted by Gasteiger charge is 2.40. The van der Waals surface area contributed by atoms with E-state index in [0.29, 0.717) is 18.4 Å². The SMILES string of the molecule is CCC[C@H]1NC(=O)N(CN(Cc2ccccc2)CC(F)(F)F)C1=O. The van der Waals surface area contributed by atoms with Gasteiger partial charge in [-0.3, -0.25) is 9.69 Å². The number of urea groups is 1. The maximum Gasteiger partial charge on any atom is 0.401 e. The van der Waals surface area contributed by atoms with Crippen LogP contribution in [0.5, 0.6) is 0 Å². The lowest BCUT2D eigenvalue weighted by Gasteiger charge is -2.27. The number of amides is 3. The monoisotopic (exact) mass is 343 g/mol. The second kappa shape index (κ2) is 7.65. The number of carbonyl (C=O) groups is 2. The summed E-state index contributed by atoms with van der Waals surface area (Å²) in [5.74, 6) is -0.470. The Balaban J connectivity index is 2.10. The third-order valence-corrected chi connectivity index (χ3v) is 3.68. The van der Waals surface area contributed by atoms with Gasteiger partial charge in [-0.1, -0.05) is 43.7 Å². The molecule has 0 unspecified atom stereocenters. The van der Waals surface area contributed by atoms with Crippen molar-refractivity contribution in [1.29, 1.82) is 0 Å². The Kier molecular flexibility index (Phi) is 5.82. The maximum absolute atomic E-state index is 12.8. The first-order chi connectivity index (χ1) is 11.3. The average molecular weight is 343 g/mol. The van der Waals surface area contributed by atoms with Crippen LogP contribution in [0.25, 0.3) is 0 Å². The normalized spacial score (nSPS) is 18.4. The largest absolute Gasteiger partial charge is 0.401 e. The molecule has 5 nitrogen and oxygen atoms in total. The number of rotatable bonds is 7. The van der Waals surface area contributed by atoms with Crippen molar-refractivity contribution in [2.75, 3.05) is 13.2 Å². The molecule has 0 bridgehead atoms. The third kappa shape index (κ3) is 4.95. The minimum absolute atomic E-state index is 0.00411. The number of hydrogen-bond acceptors (Lipinski definition) is 3. The lowest BCUT2D eigenvalue weighted by Crippen LogP contribution is -2.45. The van der Waals surface area contributed by atoms with Gasteiger partial charge in [-0.2, -0.15) is 13.2 Å². The molecule has 0 spiro atoms. The minimum atomic E-state index is -4.42. The van der Waals surface area contributed by atoms with Crippen LogP contribution in [-0.2, 0) is 11.3 Å². The lowest BCUT2D eigenvalue weighted by atomic mass is 10.2. The van der Waals surface area contributed by atoms with Gasteiger partial charge in [0.2, 0.25) is 0 Å². The molecule has 132 valence electrons. The molecule has 1 aromatic carbocycles. The standard InChI is InChI=1S/C16H20F3N3O2/c1-2-6-13-14(23)22(15(24)20-13)11-21(10-16(17,18)19)9-12-7-4-3-5-8-12/h3-5,7-8,13H,2,6,9-11H2,1H3,(H,20,24)/t13-/m1/s1. The second-order valence-electron chi connectivity index (χ2n) is 5.79. The van der Waals surface area contributed by atoms with Crippen LogP contribution in [0.4, 0.5) is 18.0 Å². The topological polar surface area (TPSA) is 52.7 Å². The number of carbonyl (C=O) groups excluding carboxylic acids is 2. The van der Waals surface area contributed by atoms with E-state index < -0.39 is 30.7 Å². The van der Waals surface area contributed by atoms with Gasteiger partial charge in [0, 0.05) is 6.54 Å². The van der Waals surface area contributed by atoms with E-state index in [1.807, 2.05) is 6.92 Å². The molecule has 1 fully saturated rings. The number of nitrogens with one attached hydrogen (secondary N) is 1. The minimum Gasteiger partial charge on any atom is -0.326 e. The molecule has 1 aliphatic heterocycles. The highest BCUT2D eigenvalue weighted by atomic mass is 19.4. The summed E-state index contributed by atoms with van der Waals surface area (Å²) >= 11 is 0. The molecule has 0 aromatic heterocycles. The van der Waals surface area contributed by atoms with E-state index in [2.05, 4.69) is 5.32 Å². The Morgan fingerprint density at radius 2 is 1.88 bits per heavy atom. The molecule has 2 rings (SSSR count). The van der Waals surface area contributed by atoms with Gasteiger partial charge in [0.1, 0.15) is 6.04 Å². The Bertz CT molecular complexity index is 578. The van der Waals surface area contributed by atoms with E-state index in [9.17, 15) is 22.8 Å². The van der Waals surface area contributed by atoms with Crippen molar-refractivity contribution in [1.82, 2.24) is 15.1 Å². The summed E-state index contributed by atoms with van der Waals surface area (Å²) < 4.78 is 38.5. The molecule has 0 saturated carbocycles. The van der Waals surface area contributed by atoms with Gasteiger partial charge in [-0.15, -0.1) is 0 Å². The summed E-state index contributed by atoms with van der Waals surface area (Å²) in [4.78, 5) is 26.0. The van der Waals surface area contributed by atoms with Crippen molar-refractivity contribution in [2.24, 2.45) is 0 Å². The van der Waals surface area contributed by atoms with E-state index in [4.69, 9.17) is 0 Å². The Morgan fingerprint density at radius 1 is 1.21 bits per heavy atom. The fourth-order valence-electron chi connectivity index (χ4n) is 2.65. The Labute approximate surface area is 138 Å². The van der Waals surface area contributed by atoms with E-state index in [1.54, 1.807) is 30.3 Å². The molecule has 8 heteroatoms. The fraction of sp³-hybridized carbons (Fsp3) is 0.500. The van der Waals surface area contributed by atoms with E-state index in [1.165, 1.54) is 0 Å². The summed E-state index contributed by atoms with van der Waals surface area (Å²) in [6.45, 7) is 0.278. The number of imide groups is 1. The van der Waals surface area contributed by atoms with Gasteiger partial charge in [-0.25, -0.2) is 9.69 Å². The third-order valence-electron chi connectivity index (χ3n) is 3.68.